The minimum atomic E-state index is -4.21. The number of nitrogens with one attached hydrogen (secondary N) is 1. The van der Waals surface area contributed by atoms with E-state index in [2.05, 4.69) is 5.32 Å². The summed E-state index contributed by atoms with van der Waals surface area (Å²) in [6, 6.07) is 4.66. The monoisotopic (exact) mass is 276 g/mol. The molecule has 4 nitrogen and oxygen atoms in total. The van der Waals surface area contributed by atoms with Crippen molar-refractivity contribution < 1.29 is 22.7 Å². The maximum atomic E-state index is 11.9. The number of nitrogen functional groups attached to an aromatic ring is 1. The van der Waals surface area contributed by atoms with Crippen molar-refractivity contribution in [1.82, 2.24) is 5.32 Å². The Hall–Kier alpha value is -1.92. The minimum absolute atomic E-state index is 0.0605. The standard InChI is InChI=1S/C12H15F3N2O2/c1-19-9-5-2-4-8(10(9)16)11(18)17-7-3-6-12(13,14)15/h2,4-5H,3,6-7,16H2,1H3,(H,17,18). The number of halogens is 3. The fourth-order valence-corrected chi connectivity index (χ4v) is 1.51. The van der Waals surface area contributed by atoms with E-state index in [4.69, 9.17) is 10.5 Å². The van der Waals surface area contributed by atoms with Crippen LogP contribution in [-0.2, 0) is 0 Å². The van der Waals surface area contributed by atoms with Crippen LogP contribution in [0.5, 0.6) is 5.75 Å². The predicted octanol–water partition coefficient (Wildman–Crippen LogP) is 2.35. The highest BCUT2D eigenvalue weighted by Gasteiger charge is 2.26. The molecule has 0 heterocycles. The molecule has 1 rings (SSSR count). The topological polar surface area (TPSA) is 64.3 Å². The fourth-order valence-electron chi connectivity index (χ4n) is 1.51. The minimum Gasteiger partial charge on any atom is -0.495 e. The van der Waals surface area contributed by atoms with Gasteiger partial charge < -0.3 is 15.8 Å². The lowest BCUT2D eigenvalue weighted by atomic mass is 10.1. The fraction of sp³-hybridized carbons (Fsp3) is 0.417. The van der Waals surface area contributed by atoms with Crippen molar-refractivity contribution in [1.29, 1.82) is 0 Å². The summed E-state index contributed by atoms with van der Waals surface area (Å²) >= 11 is 0. The van der Waals surface area contributed by atoms with Gasteiger partial charge in [0.25, 0.3) is 5.91 Å². The van der Waals surface area contributed by atoms with Crippen LogP contribution in [0.3, 0.4) is 0 Å². The summed E-state index contributed by atoms with van der Waals surface area (Å²) in [7, 11) is 1.41. The number of nitrogens with two attached hydrogens (primary N) is 1. The first-order valence-electron chi connectivity index (χ1n) is 5.62. The Morgan fingerprint density at radius 1 is 1.42 bits per heavy atom. The summed E-state index contributed by atoms with van der Waals surface area (Å²) < 4.78 is 40.7. The highest BCUT2D eigenvalue weighted by atomic mass is 19.4. The first-order valence-corrected chi connectivity index (χ1v) is 5.62. The normalized spacial score (nSPS) is 11.2. The van der Waals surface area contributed by atoms with Crippen LogP contribution in [0.1, 0.15) is 23.2 Å². The Morgan fingerprint density at radius 2 is 2.11 bits per heavy atom. The maximum absolute atomic E-state index is 11.9. The molecule has 0 atom stereocenters. The Bertz CT molecular complexity index is 447. The van der Waals surface area contributed by atoms with Gasteiger partial charge in [-0.2, -0.15) is 13.2 Å². The molecular weight excluding hydrogens is 261 g/mol. The molecule has 7 heteroatoms. The van der Waals surface area contributed by atoms with Crippen LogP contribution < -0.4 is 15.8 Å². The van der Waals surface area contributed by atoms with E-state index in [0.29, 0.717) is 5.75 Å². The molecule has 19 heavy (non-hydrogen) atoms. The molecule has 0 saturated carbocycles. The second-order valence-electron chi connectivity index (χ2n) is 3.90. The van der Waals surface area contributed by atoms with Gasteiger partial charge in [-0.25, -0.2) is 0 Å². The van der Waals surface area contributed by atoms with E-state index < -0.39 is 18.5 Å². The molecule has 0 spiro atoms. The average Bonchev–Trinajstić information content (AvgIpc) is 2.33. The van der Waals surface area contributed by atoms with Crippen molar-refractivity contribution >= 4 is 11.6 Å². The second kappa shape index (κ2) is 6.31. The van der Waals surface area contributed by atoms with E-state index in [9.17, 15) is 18.0 Å². The van der Waals surface area contributed by atoms with Gasteiger partial charge in [0.05, 0.1) is 18.4 Å². The Morgan fingerprint density at radius 3 is 2.68 bits per heavy atom. The van der Waals surface area contributed by atoms with Crippen LogP contribution >= 0.6 is 0 Å². The van der Waals surface area contributed by atoms with Crippen LogP contribution in [-0.4, -0.2) is 25.7 Å². The smallest absolute Gasteiger partial charge is 0.389 e. The summed E-state index contributed by atoms with van der Waals surface area (Å²) in [5.74, 6) is -0.165. The second-order valence-corrected chi connectivity index (χ2v) is 3.90. The molecule has 0 aliphatic heterocycles. The molecule has 1 aromatic rings. The molecule has 0 aromatic heterocycles. The molecule has 0 saturated heterocycles. The number of benzene rings is 1. The zero-order valence-corrected chi connectivity index (χ0v) is 10.4. The van der Waals surface area contributed by atoms with Gasteiger partial charge in [0.1, 0.15) is 5.75 Å². The third-order valence-corrected chi connectivity index (χ3v) is 2.45. The van der Waals surface area contributed by atoms with E-state index in [1.165, 1.54) is 13.2 Å². The zero-order chi connectivity index (χ0) is 14.5. The number of carbonyl (C=O) groups is 1. The number of methoxy groups -OCH3 is 1. The Kier molecular flexibility index (Phi) is 5.02. The number of rotatable bonds is 5. The number of para-hydroxylation sites is 1. The number of anilines is 1. The molecule has 3 N–H and O–H groups in total. The largest absolute Gasteiger partial charge is 0.495 e. The molecule has 0 fully saturated rings. The van der Waals surface area contributed by atoms with Crippen molar-refractivity contribution in [2.24, 2.45) is 0 Å². The number of ether oxygens (including phenoxy) is 1. The summed E-state index contributed by atoms with van der Waals surface area (Å²) in [6.07, 6.45) is -5.31. The highest BCUT2D eigenvalue weighted by molar-refractivity contribution is 6.00. The maximum Gasteiger partial charge on any atom is 0.389 e. The molecular formula is C12H15F3N2O2. The summed E-state index contributed by atoms with van der Waals surface area (Å²) in [6.45, 7) is -0.0605. The van der Waals surface area contributed by atoms with Crippen LogP contribution in [0.2, 0.25) is 0 Å². The van der Waals surface area contributed by atoms with Crippen molar-refractivity contribution in [2.45, 2.75) is 19.0 Å². The van der Waals surface area contributed by atoms with E-state index >= 15 is 0 Å². The van der Waals surface area contributed by atoms with Gasteiger partial charge in [-0.05, 0) is 18.6 Å². The summed E-state index contributed by atoms with van der Waals surface area (Å²) in [5.41, 5.74) is 6.05. The van der Waals surface area contributed by atoms with E-state index in [1.54, 1.807) is 12.1 Å². The van der Waals surface area contributed by atoms with E-state index in [-0.39, 0.29) is 24.2 Å². The number of hydrogen-bond donors (Lipinski definition) is 2. The number of carbonyl (C=O) groups excluding carboxylic acids is 1. The van der Waals surface area contributed by atoms with Crippen LogP contribution in [0.25, 0.3) is 0 Å². The molecule has 0 aliphatic rings. The molecule has 0 unspecified atom stereocenters. The molecule has 0 bridgehead atoms. The lowest BCUT2D eigenvalue weighted by Gasteiger charge is -2.11. The molecule has 106 valence electrons. The van der Waals surface area contributed by atoms with Crippen molar-refractivity contribution in [2.75, 3.05) is 19.4 Å². The first kappa shape index (κ1) is 15.1. The lowest BCUT2D eigenvalue weighted by Crippen LogP contribution is -2.26. The lowest BCUT2D eigenvalue weighted by molar-refractivity contribution is -0.135. The van der Waals surface area contributed by atoms with Crippen molar-refractivity contribution in [3.8, 4) is 5.75 Å². The van der Waals surface area contributed by atoms with Gasteiger partial charge in [-0.3, -0.25) is 4.79 Å². The number of amides is 1. The van der Waals surface area contributed by atoms with Gasteiger partial charge in [-0.1, -0.05) is 6.07 Å². The predicted molar refractivity (Wildman–Crippen MR) is 65.0 cm³/mol. The van der Waals surface area contributed by atoms with E-state index in [0.717, 1.165) is 0 Å². The van der Waals surface area contributed by atoms with Crippen LogP contribution in [0.4, 0.5) is 18.9 Å². The van der Waals surface area contributed by atoms with Crippen molar-refractivity contribution in [3.05, 3.63) is 23.8 Å². The first-order chi connectivity index (χ1) is 8.85. The zero-order valence-electron chi connectivity index (χ0n) is 10.4. The quantitative estimate of drug-likeness (QED) is 0.641. The third-order valence-electron chi connectivity index (χ3n) is 2.45. The van der Waals surface area contributed by atoms with Gasteiger partial charge >= 0.3 is 6.18 Å². The van der Waals surface area contributed by atoms with Crippen LogP contribution in [0.15, 0.2) is 18.2 Å². The third kappa shape index (κ3) is 4.69. The number of hydrogen-bond acceptors (Lipinski definition) is 3. The Labute approximate surface area is 108 Å². The summed E-state index contributed by atoms with van der Waals surface area (Å²) in [4.78, 5) is 11.7. The van der Waals surface area contributed by atoms with Gasteiger partial charge in [0.2, 0.25) is 0 Å². The van der Waals surface area contributed by atoms with Crippen LogP contribution in [0, 0.1) is 0 Å². The molecule has 0 aliphatic carbocycles. The van der Waals surface area contributed by atoms with Gasteiger partial charge in [0, 0.05) is 13.0 Å². The molecule has 1 aromatic carbocycles. The SMILES string of the molecule is COc1cccc(C(=O)NCCCC(F)(F)F)c1N. The van der Waals surface area contributed by atoms with Gasteiger partial charge in [0.15, 0.2) is 0 Å². The molecule has 1 amide bonds. The van der Waals surface area contributed by atoms with Crippen molar-refractivity contribution in [3.63, 3.8) is 0 Å². The Balaban J connectivity index is 2.55. The van der Waals surface area contributed by atoms with E-state index in [1.807, 2.05) is 0 Å². The number of alkyl halides is 3. The highest BCUT2D eigenvalue weighted by Crippen LogP contribution is 2.24. The summed E-state index contributed by atoms with van der Waals surface area (Å²) in [5, 5.41) is 2.39. The van der Waals surface area contributed by atoms with Gasteiger partial charge in [-0.15, -0.1) is 0 Å². The molecule has 0 radical (unpaired) electrons. The average molecular weight is 276 g/mol.